The van der Waals surface area contributed by atoms with E-state index < -0.39 is 5.97 Å². The van der Waals surface area contributed by atoms with Gasteiger partial charge in [-0.25, -0.2) is 0 Å². The molecule has 0 unspecified atom stereocenters. The number of aliphatic carboxylic acids is 1. The second-order valence-electron chi connectivity index (χ2n) is 3.72. The summed E-state index contributed by atoms with van der Waals surface area (Å²) in [6.07, 6.45) is 0. The van der Waals surface area contributed by atoms with Crippen LogP contribution in [0.25, 0.3) is 10.9 Å². The van der Waals surface area contributed by atoms with Crippen LogP contribution in [-0.2, 0) is 11.8 Å². The summed E-state index contributed by atoms with van der Waals surface area (Å²) in [5, 5.41) is 13.9. The third-order valence-electron chi connectivity index (χ3n) is 2.43. The lowest BCUT2D eigenvalue weighted by molar-refractivity contribution is -0.133. The molecular weight excluding hydrogens is 252 g/mol. The number of benzene rings is 1. The molecule has 18 heavy (non-hydrogen) atoms. The topological polar surface area (TPSA) is 64.4 Å². The fourth-order valence-corrected chi connectivity index (χ4v) is 2.35. The third-order valence-corrected chi connectivity index (χ3v) is 3.41. The lowest BCUT2D eigenvalue weighted by Crippen LogP contribution is -1.97. The van der Waals surface area contributed by atoms with Crippen LogP contribution >= 0.6 is 11.8 Å². The van der Waals surface area contributed by atoms with Gasteiger partial charge < -0.3 is 9.84 Å². The van der Waals surface area contributed by atoms with Crippen LogP contribution in [0, 0.1) is 0 Å². The molecule has 0 bridgehead atoms. The summed E-state index contributed by atoms with van der Waals surface area (Å²) in [5.74, 6) is -0.181. The number of carboxylic acid groups (broad SMARTS) is 1. The number of nitrogens with zero attached hydrogens (tertiary/aromatic N) is 2. The molecule has 1 aromatic carbocycles. The summed E-state index contributed by atoms with van der Waals surface area (Å²) in [6, 6.07) is 5.74. The lowest BCUT2D eigenvalue weighted by atomic mass is 10.2. The maximum Gasteiger partial charge on any atom is 0.313 e. The number of rotatable bonds is 5. The summed E-state index contributed by atoms with van der Waals surface area (Å²) in [4.78, 5) is 11.4. The average molecular weight is 266 g/mol. The van der Waals surface area contributed by atoms with E-state index in [0.717, 1.165) is 15.8 Å². The van der Waals surface area contributed by atoms with E-state index in [1.165, 1.54) is 11.8 Å². The SMILES string of the molecule is CCOc1nn(C)c2ccc(SCC(=O)O)cc12. The Labute approximate surface area is 109 Å². The summed E-state index contributed by atoms with van der Waals surface area (Å²) in [6.45, 7) is 2.46. The minimum atomic E-state index is -0.823. The standard InChI is InChI=1S/C12H14N2O3S/c1-3-17-12-9-6-8(18-7-11(15)16)4-5-10(9)14(2)13-12/h4-6H,3,7H2,1-2H3,(H,15,16). The van der Waals surface area contributed by atoms with E-state index in [2.05, 4.69) is 5.10 Å². The predicted molar refractivity (Wildman–Crippen MR) is 70.2 cm³/mol. The van der Waals surface area contributed by atoms with Gasteiger partial charge >= 0.3 is 5.97 Å². The van der Waals surface area contributed by atoms with E-state index in [1.807, 2.05) is 32.2 Å². The number of hydrogen-bond acceptors (Lipinski definition) is 4. The highest BCUT2D eigenvalue weighted by Crippen LogP contribution is 2.29. The highest BCUT2D eigenvalue weighted by atomic mass is 32.2. The zero-order valence-corrected chi connectivity index (χ0v) is 11.0. The van der Waals surface area contributed by atoms with Gasteiger partial charge in [0.15, 0.2) is 0 Å². The van der Waals surface area contributed by atoms with Crippen molar-refractivity contribution in [3.63, 3.8) is 0 Å². The van der Waals surface area contributed by atoms with Crippen molar-refractivity contribution in [3.8, 4) is 5.88 Å². The van der Waals surface area contributed by atoms with Crippen molar-refractivity contribution in [2.24, 2.45) is 7.05 Å². The van der Waals surface area contributed by atoms with Crippen LogP contribution < -0.4 is 4.74 Å². The molecule has 1 heterocycles. The van der Waals surface area contributed by atoms with Crippen LogP contribution in [0.1, 0.15) is 6.92 Å². The van der Waals surface area contributed by atoms with Crippen LogP contribution in [0.4, 0.5) is 0 Å². The quantitative estimate of drug-likeness (QED) is 0.840. The summed E-state index contributed by atoms with van der Waals surface area (Å²) in [5.41, 5.74) is 0.970. The van der Waals surface area contributed by atoms with Crippen molar-refractivity contribution < 1.29 is 14.6 Å². The Kier molecular flexibility index (Phi) is 3.76. The van der Waals surface area contributed by atoms with Gasteiger partial charge in [0.1, 0.15) is 0 Å². The average Bonchev–Trinajstić information content (AvgIpc) is 2.64. The van der Waals surface area contributed by atoms with E-state index in [1.54, 1.807) is 4.68 Å². The van der Waals surface area contributed by atoms with Gasteiger partial charge in [0.2, 0.25) is 5.88 Å². The number of carbonyl (C=O) groups is 1. The Balaban J connectivity index is 2.36. The summed E-state index contributed by atoms with van der Waals surface area (Å²) in [7, 11) is 1.86. The Bertz CT molecular complexity index is 580. The van der Waals surface area contributed by atoms with Crippen molar-refractivity contribution in [3.05, 3.63) is 18.2 Å². The number of carboxylic acids is 1. The minimum Gasteiger partial charge on any atom is -0.481 e. The van der Waals surface area contributed by atoms with E-state index in [-0.39, 0.29) is 5.75 Å². The van der Waals surface area contributed by atoms with Crippen LogP contribution in [-0.4, -0.2) is 33.2 Å². The van der Waals surface area contributed by atoms with Gasteiger partial charge in [-0.05, 0) is 25.1 Å². The molecule has 0 atom stereocenters. The van der Waals surface area contributed by atoms with Crippen molar-refractivity contribution in [1.29, 1.82) is 0 Å². The first kappa shape index (κ1) is 12.8. The fraction of sp³-hybridized carbons (Fsp3) is 0.333. The Morgan fingerprint density at radius 3 is 3.00 bits per heavy atom. The molecule has 96 valence electrons. The van der Waals surface area contributed by atoms with Crippen LogP contribution in [0.3, 0.4) is 0 Å². The van der Waals surface area contributed by atoms with E-state index in [4.69, 9.17) is 9.84 Å². The molecule has 0 fully saturated rings. The molecule has 0 amide bonds. The molecule has 0 radical (unpaired) electrons. The zero-order valence-electron chi connectivity index (χ0n) is 10.2. The normalized spacial score (nSPS) is 10.8. The molecule has 0 aliphatic heterocycles. The van der Waals surface area contributed by atoms with Gasteiger partial charge in [0.25, 0.3) is 0 Å². The highest BCUT2D eigenvalue weighted by molar-refractivity contribution is 8.00. The Morgan fingerprint density at radius 2 is 2.33 bits per heavy atom. The summed E-state index contributed by atoms with van der Waals surface area (Å²) >= 11 is 1.29. The molecule has 6 heteroatoms. The van der Waals surface area contributed by atoms with Gasteiger partial charge in [0, 0.05) is 11.9 Å². The maximum absolute atomic E-state index is 10.5. The first-order chi connectivity index (χ1) is 8.61. The second kappa shape index (κ2) is 5.30. The monoisotopic (exact) mass is 266 g/mol. The predicted octanol–water partition coefficient (Wildman–Crippen LogP) is 2.15. The van der Waals surface area contributed by atoms with Gasteiger partial charge in [-0.1, -0.05) is 0 Å². The third kappa shape index (κ3) is 2.59. The second-order valence-corrected chi connectivity index (χ2v) is 4.77. The molecule has 0 saturated heterocycles. The fourth-order valence-electron chi connectivity index (χ4n) is 1.69. The molecule has 0 spiro atoms. The molecule has 1 N–H and O–H groups in total. The molecule has 0 aliphatic carbocycles. The van der Waals surface area contributed by atoms with Crippen molar-refractivity contribution >= 4 is 28.6 Å². The number of fused-ring (bicyclic) bond motifs is 1. The zero-order chi connectivity index (χ0) is 13.1. The minimum absolute atomic E-state index is 0.0513. The maximum atomic E-state index is 10.5. The molecule has 0 saturated carbocycles. The number of hydrogen-bond donors (Lipinski definition) is 1. The number of aryl methyl sites for hydroxylation is 1. The molecule has 1 aromatic heterocycles. The van der Waals surface area contributed by atoms with Gasteiger partial charge in [-0.2, -0.15) is 0 Å². The smallest absolute Gasteiger partial charge is 0.313 e. The number of thioether (sulfide) groups is 1. The largest absolute Gasteiger partial charge is 0.481 e. The molecular formula is C12H14N2O3S. The van der Waals surface area contributed by atoms with E-state index >= 15 is 0 Å². The first-order valence-corrected chi connectivity index (χ1v) is 6.54. The van der Waals surface area contributed by atoms with Crippen molar-refractivity contribution in [2.45, 2.75) is 11.8 Å². The van der Waals surface area contributed by atoms with Crippen LogP contribution in [0.2, 0.25) is 0 Å². The molecule has 0 aliphatic rings. The highest BCUT2D eigenvalue weighted by Gasteiger charge is 2.10. The Morgan fingerprint density at radius 1 is 1.56 bits per heavy atom. The van der Waals surface area contributed by atoms with Crippen molar-refractivity contribution in [1.82, 2.24) is 9.78 Å². The summed E-state index contributed by atoms with van der Waals surface area (Å²) < 4.78 is 7.22. The Hall–Kier alpha value is -1.69. The molecule has 2 rings (SSSR count). The van der Waals surface area contributed by atoms with Crippen LogP contribution in [0.5, 0.6) is 5.88 Å². The van der Waals surface area contributed by atoms with E-state index in [9.17, 15) is 4.79 Å². The van der Waals surface area contributed by atoms with Crippen molar-refractivity contribution in [2.75, 3.05) is 12.4 Å². The molecule has 2 aromatic rings. The molecule has 5 nitrogen and oxygen atoms in total. The van der Waals surface area contributed by atoms with Gasteiger partial charge in [-0.15, -0.1) is 16.9 Å². The van der Waals surface area contributed by atoms with Crippen LogP contribution in [0.15, 0.2) is 23.1 Å². The lowest BCUT2D eigenvalue weighted by Gasteiger charge is -2.01. The van der Waals surface area contributed by atoms with Gasteiger partial charge in [-0.3, -0.25) is 9.48 Å². The number of ether oxygens (including phenoxy) is 1. The number of aromatic nitrogens is 2. The first-order valence-electron chi connectivity index (χ1n) is 5.56. The van der Waals surface area contributed by atoms with Gasteiger partial charge in [0.05, 0.1) is 23.3 Å². The van der Waals surface area contributed by atoms with E-state index in [0.29, 0.717) is 12.5 Å².